The van der Waals surface area contributed by atoms with Crippen molar-refractivity contribution in [2.24, 2.45) is 0 Å². The van der Waals surface area contributed by atoms with Crippen LogP contribution in [-0.4, -0.2) is 11.9 Å². The van der Waals surface area contributed by atoms with E-state index in [0.717, 1.165) is 37.7 Å². The molecular formula is C16H20N2O. The Labute approximate surface area is 114 Å². The molecule has 0 spiro atoms. The lowest BCUT2D eigenvalue weighted by atomic mass is 10.1. The van der Waals surface area contributed by atoms with Gasteiger partial charge in [-0.2, -0.15) is 0 Å². The minimum atomic E-state index is 0.793. The van der Waals surface area contributed by atoms with Gasteiger partial charge in [-0.3, -0.25) is 4.90 Å². The first-order valence-electron chi connectivity index (χ1n) is 6.78. The van der Waals surface area contributed by atoms with Crippen molar-refractivity contribution in [3.63, 3.8) is 0 Å². The first kappa shape index (κ1) is 12.5. The van der Waals surface area contributed by atoms with Gasteiger partial charge in [0, 0.05) is 25.2 Å². The molecule has 0 bridgehead atoms. The molecule has 1 N–H and O–H groups in total. The average molecular weight is 256 g/mol. The van der Waals surface area contributed by atoms with Gasteiger partial charge in [0.25, 0.3) is 0 Å². The van der Waals surface area contributed by atoms with Crippen LogP contribution in [0.1, 0.15) is 28.2 Å². The fourth-order valence-electron chi connectivity index (χ4n) is 2.76. The molecule has 3 rings (SSSR count). The summed E-state index contributed by atoms with van der Waals surface area (Å²) < 4.78 is 5.75. The number of hydrogen-bond donors (Lipinski definition) is 1. The lowest BCUT2D eigenvalue weighted by Gasteiger charge is -2.13. The van der Waals surface area contributed by atoms with Gasteiger partial charge in [-0.1, -0.05) is 24.3 Å². The van der Waals surface area contributed by atoms with Gasteiger partial charge >= 0.3 is 0 Å². The van der Waals surface area contributed by atoms with Crippen molar-refractivity contribution in [1.82, 2.24) is 10.2 Å². The van der Waals surface area contributed by atoms with Gasteiger partial charge in [0.15, 0.2) is 0 Å². The quantitative estimate of drug-likeness (QED) is 0.912. The molecule has 1 aliphatic rings. The number of aryl methyl sites for hydroxylation is 1. The maximum absolute atomic E-state index is 5.75. The zero-order chi connectivity index (χ0) is 13.2. The van der Waals surface area contributed by atoms with Crippen molar-refractivity contribution >= 4 is 0 Å². The van der Waals surface area contributed by atoms with Crippen LogP contribution in [0.2, 0.25) is 0 Å². The fraction of sp³-hybridized carbons (Fsp3) is 0.375. The number of rotatable bonds is 4. The van der Waals surface area contributed by atoms with Crippen LogP contribution < -0.4 is 5.32 Å². The molecule has 2 aromatic rings. The molecule has 0 atom stereocenters. The highest BCUT2D eigenvalue weighted by Gasteiger charge is 2.19. The molecule has 19 heavy (non-hydrogen) atoms. The summed E-state index contributed by atoms with van der Waals surface area (Å²) in [6.07, 6.45) is 0. The topological polar surface area (TPSA) is 28.4 Å². The lowest BCUT2D eigenvalue weighted by Crippen LogP contribution is -2.15. The Morgan fingerprint density at radius 3 is 2.53 bits per heavy atom. The Bertz CT molecular complexity index is 549. The molecule has 0 unspecified atom stereocenters. The summed E-state index contributed by atoms with van der Waals surface area (Å²) >= 11 is 0. The molecule has 3 heteroatoms. The molecule has 1 aliphatic heterocycles. The molecule has 0 amide bonds. The molecule has 1 aromatic heterocycles. The van der Waals surface area contributed by atoms with Crippen LogP contribution in [0.5, 0.6) is 0 Å². The number of benzene rings is 1. The summed E-state index contributed by atoms with van der Waals surface area (Å²) in [4.78, 5) is 2.46. The number of fused-ring (bicyclic) bond motifs is 1. The average Bonchev–Trinajstić information content (AvgIpc) is 2.94. The third-order valence-electron chi connectivity index (χ3n) is 3.72. The standard InChI is InChI=1S/C16H20N2O/c1-12-15(7-16(19-12)8-17-2)11-18-9-13-5-3-4-6-14(13)10-18/h3-7,17H,8-11H2,1-2H3. The normalized spacial score (nSPS) is 14.8. The Balaban J connectivity index is 1.70. The van der Waals surface area contributed by atoms with Crippen molar-refractivity contribution in [3.05, 3.63) is 58.5 Å². The van der Waals surface area contributed by atoms with Gasteiger partial charge in [-0.05, 0) is 31.2 Å². The van der Waals surface area contributed by atoms with Crippen LogP contribution in [-0.2, 0) is 26.2 Å². The van der Waals surface area contributed by atoms with Crippen LogP contribution in [0.3, 0.4) is 0 Å². The second-order valence-corrected chi connectivity index (χ2v) is 5.24. The van der Waals surface area contributed by atoms with Crippen LogP contribution in [0, 0.1) is 6.92 Å². The van der Waals surface area contributed by atoms with E-state index in [1.54, 1.807) is 0 Å². The van der Waals surface area contributed by atoms with Crippen LogP contribution in [0.4, 0.5) is 0 Å². The first-order chi connectivity index (χ1) is 9.26. The van der Waals surface area contributed by atoms with E-state index in [-0.39, 0.29) is 0 Å². The number of nitrogens with zero attached hydrogens (tertiary/aromatic N) is 1. The van der Waals surface area contributed by atoms with Gasteiger partial charge in [0.05, 0.1) is 6.54 Å². The summed E-state index contributed by atoms with van der Waals surface area (Å²) in [5.74, 6) is 2.06. The van der Waals surface area contributed by atoms with Crippen molar-refractivity contribution in [3.8, 4) is 0 Å². The molecule has 0 fully saturated rings. The minimum Gasteiger partial charge on any atom is -0.465 e. The Morgan fingerprint density at radius 2 is 1.89 bits per heavy atom. The monoisotopic (exact) mass is 256 g/mol. The predicted octanol–water partition coefficient (Wildman–Crippen LogP) is 2.82. The van der Waals surface area contributed by atoms with Crippen molar-refractivity contribution in [1.29, 1.82) is 0 Å². The molecule has 0 aliphatic carbocycles. The van der Waals surface area contributed by atoms with E-state index in [0.29, 0.717) is 0 Å². The summed E-state index contributed by atoms with van der Waals surface area (Å²) in [6.45, 7) is 5.90. The van der Waals surface area contributed by atoms with E-state index < -0.39 is 0 Å². The first-order valence-corrected chi connectivity index (χ1v) is 6.78. The van der Waals surface area contributed by atoms with Gasteiger partial charge in [0.2, 0.25) is 0 Å². The Kier molecular flexibility index (Phi) is 3.40. The van der Waals surface area contributed by atoms with E-state index >= 15 is 0 Å². The third kappa shape index (κ3) is 2.57. The summed E-state index contributed by atoms with van der Waals surface area (Å²) in [5.41, 5.74) is 4.22. The number of nitrogens with one attached hydrogen (secondary N) is 1. The van der Waals surface area contributed by atoms with Crippen LogP contribution >= 0.6 is 0 Å². The second kappa shape index (κ2) is 5.19. The van der Waals surface area contributed by atoms with Crippen molar-refractivity contribution in [2.45, 2.75) is 33.1 Å². The maximum Gasteiger partial charge on any atom is 0.118 e. The largest absolute Gasteiger partial charge is 0.465 e. The summed E-state index contributed by atoms with van der Waals surface area (Å²) in [6, 6.07) is 10.9. The molecule has 0 radical (unpaired) electrons. The highest BCUT2D eigenvalue weighted by molar-refractivity contribution is 5.31. The molecule has 2 heterocycles. The van der Waals surface area contributed by atoms with Gasteiger partial charge in [-0.25, -0.2) is 0 Å². The lowest BCUT2D eigenvalue weighted by molar-refractivity contribution is 0.273. The third-order valence-corrected chi connectivity index (χ3v) is 3.72. The Morgan fingerprint density at radius 1 is 1.21 bits per heavy atom. The molecule has 0 saturated carbocycles. The molecule has 0 saturated heterocycles. The molecule has 1 aromatic carbocycles. The fourth-order valence-corrected chi connectivity index (χ4v) is 2.76. The van der Waals surface area contributed by atoms with Gasteiger partial charge < -0.3 is 9.73 Å². The van der Waals surface area contributed by atoms with E-state index in [2.05, 4.69) is 47.5 Å². The van der Waals surface area contributed by atoms with Crippen LogP contribution in [0.15, 0.2) is 34.7 Å². The number of furan rings is 1. The zero-order valence-electron chi connectivity index (χ0n) is 11.6. The Hall–Kier alpha value is -1.58. The van der Waals surface area contributed by atoms with E-state index in [9.17, 15) is 0 Å². The second-order valence-electron chi connectivity index (χ2n) is 5.24. The number of hydrogen-bond acceptors (Lipinski definition) is 3. The highest BCUT2D eigenvalue weighted by Crippen LogP contribution is 2.25. The smallest absolute Gasteiger partial charge is 0.118 e. The van der Waals surface area contributed by atoms with E-state index in [1.807, 2.05) is 7.05 Å². The van der Waals surface area contributed by atoms with E-state index in [1.165, 1.54) is 16.7 Å². The molecule has 3 nitrogen and oxygen atoms in total. The summed E-state index contributed by atoms with van der Waals surface area (Å²) in [7, 11) is 1.94. The van der Waals surface area contributed by atoms with E-state index in [4.69, 9.17) is 4.42 Å². The maximum atomic E-state index is 5.75. The van der Waals surface area contributed by atoms with Crippen molar-refractivity contribution in [2.75, 3.05) is 7.05 Å². The minimum absolute atomic E-state index is 0.793. The van der Waals surface area contributed by atoms with Gasteiger partial charge in [-0.15, -0.1) is 0 Å². The van der Waals surface area contributed by atoms with Gasteiger partial charge in [0.1, 0.15) is 11.5 Å². The summed E-state index contributed by atoms with van der Waals surface area (Å²) in [5, 5.41) is 3.12. The van der Waals surface area contributed by atoms with Crippen molar-refractivity contribution < 1.29 is 4.42 Å². The molecular weight excluding hydrogens is 236 g/mol. The van der Waals surface area contributed by atoms with Crippen LogP contribution in [0.25, 0.3) is 0 Å². The molecule has 100 valence electrons. The highest BCUT2D eigenvalue weighted by atomic mass is 16.3. The SMILES string of the molecule is CNCc1cc(CN2Cc3ccccc3C2)c(C)o1. The predicted molar refractivity (Wildman–Crippen MR) is 75.6 cm³/mol. The zero-order valence-corrected chi connectivity index (χ0v) is 11.6.